The number of hydrogen-bond donors (Lipinski definition) is 1. The number of aliphatic imine (C=N–C) groups is 1. The SMILES string of the molecule is C=CCN(C)CCc1cc(C)c(OC(=S)/N=C(\N)c2ccc(C)cc2)cc1C. The summed E-state index contributed by atoms with van der Waals surface area (Å²) in [6.45, 7) is 11.8. The molecular formula is C23H29N3OS. The fraction of sp³-hybridized carbons (Fsp3) is 0.304. The van der Waals surface area contributed by atoms with E-state index in [2.05, 4.69) is 36.5 Å². The van der Waals surface area contributed by atoms with Crippen LogP contribution in [0.1, 0.15) is 27.8 Å². The van der Waals surface area contributed by atoms with Gasteiger partial charge < -0.3 is 15.4 Å². The molecule has 0 amide bonds. The quantitative estimate of drug-likeness (QED) is 0.328. The summed E-state index contributed by atoms with van der Waals surface area (Å²) in [5, 5.41) is 0.110. The van der Waals surface area contributed by atoms with Crippen molar-refractivity contribution in [2.45, 2.75) is 27.2 Å². The third kappa shape index (κ3) is 6.29. The number of likely N-dealkylation sites (N-methyl/N-ethyl adjacent to an activating group) is 1. The van der Waals surface area contributed by atoms with Crippen LogP contribution in [0.25, 0.3) is 0 Å². The van der Waals surface area contributed by atoms with Gasteiger partial charge in [-0.1, -0.05) is 42.0 Å². The molecule has 0 aliphatic carbocycles. The Labute approximate surface area is 173 Å². The minimum Gasteiger partial charge on any atom is -0.430 e. The van der Waals surface area contributed by atoms with E-state index in [-0.39, 0.29) is 5.17 Å². The Balaban J connectivity index is 2.07. The Hall–Kier alpha value is -2.50. The molecule has 0 saturated heterocycles. The molecule has 2 N–H and O–H groups in total. The average Bonchev–Trinajstić information content (AvgIpc) is 2.64. The van der Waals surface area contributed by atoms with E-state index in [9.17, 15) is 0 Å². The molecule has 28 heavy (non-hydrogen) atoms. The van der Waals surface area contributed by atoms with Gasteiger partial charge in [-0.05, 0) is 69.2 Å². The lowest BCUT2D eigenvalue weighted by Gasteiger charge is -2.16. The second-order valence-electron chi connectivity index (χ2n) is 7.08. The molecule has 0 aliphatic rings. The van der Waals surface area contributed by atoms with Crippen LogP contribution in [0, 0.1) is 20.8 Å². The van der Waals surface area contributed by atoms with Crippen LogP contribution in [0.3, 0.4) is 0 Å². The molecule has 0 aromatic heterocycles. The van der Waals surface area contributed by atoms with Crippen molar-refractivity contribution < 1.29 is 4.74 Å². The number of nitrogens with zero attached hydrogens (tertiary/aromatic N) is 2. The predicted molar refractivity (Wildman–Crippen MR) is 122 cm³/mol. The number of rotatable bonds is 7. The van der Waals surface area contributed by atoms with E-state index in [0.29, 0.717) is 11.6 Å². The standard InChI is InChI=1S/C23H29N3OS/c1-6-12-26(5)13-11-20-14-18(4)21(15-17(20)3)27-23(28)25-22(24)19-9-7-16(2)8-10-19/h6-10,14-15H,1,11-13H2,2-5H3,(H2,24,25,28). The minimum atomic E-state index is 0.110. The number of hydrogen-bond acceptors (Lipinski definition) is 3. The van der Waals surface area contributed by atoms with Gasteiger partial charge in [-0.15, -0.1) is 6.58 Å². The highest BCUT2D eigenvalue weighted by atomic mass is 32.1. The van der Waals surface area contributed by atoms with Crippen molar-refractivity contribution in [3.8, 4) is 5.75 Å². The Morgan fingerprint density at radius 1 is 1.18 bits per heavy atom. The third-order valence-corrected chi connectivity index (χ3v) is 4.77. The van der Waals surface area contributed by atoms with E-state index in [4.69, 9.17) is 22.7 Å². The first-order valence-corrected chi connectivity index (χ1v) is 9.73. The van der Waals surface area contributed by atoms with Gasteiger partial charge in [0.25, 0.3) is 5.17 Å². The van der Waals surface area contributed by atoms with Crippen LogP contribution in [0.2, 0.25) is 0 Å². The Bertz CT molecular complexity index is 872. The highest BCUT2D eigenvalue weighted by molar-refractivity contribution is 7.80. The maximum absolute atomic E-state index is 6.06. The molecule has 4 nitrogen and oxygen atoms in total. The maximum atomic E-state index is 6.06. The smallest absolute Gasteiger partial charge is 0.290 e. The van der Waals surface area contributed by atoms with Crippen LogP contribution in [-0.4, -0.2) is 36.0 Å². The molecule has 0 atom stereocenters. The number of aryl methyl sites for hydroxylation is 3. The zero-order valence-corrected chi connectivity index (χ0v) is 18.0. The van der Waals surface area contributed by atoms with Crippen molar-refractivity contribution in [2.24, 2.45) is 10.7 Å². The molecule has 0 aliphatic heterocycles. The van der Waals surface area contributed by atoms with E-state index in [1.54, 1.807) is 0 Å². The first-order valence-electron chi connectivity index (χ1n) is 9.32. The molecule has 2 rings (SSSR count). The zero-order valence-electron chi connectivity index (χ0n) is 17.2. The number of amidine groups is 1. The fourth-order valence-electron chi connectivity index (χ4n) is 2.86. The van der Waals surface area contributed by atoms with Gasteiger partial charge in [-0.3, -0.25) is 0 Å². The molecule has 0 unspecified atom stereocenters. The minimum absolute atomic E-state index is 0.110. The van der Waals surface area contributed by atoms with Gasteiger partial charge in [0.1, 0.15) is 11.6 Å². The van der Waals surface area contributed by atoms with Gasteiger partial charge in [-0.25, -0.2) is 0 Å². The summed E-state index contributed by atoms with van der Waals surface area (Å²) in [4.78, 5) is 6.47. The van der Waals surface area contributed by atoms with Crippen molar-refractivity contribution in [2.75, 3.05) is 20.1 Å². The maximum Gasteiger partial charge on any atom is 0.290 e. The summed E-state index contributed by atoms with van der Waals surface area (Å²) in [6.07, 6.45) is 2.89. The van der Waals surface area contributed by atoms with Crippen molar-refractivity contribution >= 4 is 23.2 Å². The summed E-state index contributed by atoms with van der Waals surface area (Å²) in [5.74, 6) is 1.06. The first kappa shape index (κ1) is 21.8. The van der Waals surface area contributed by atoms with Crippen LogP contribution >= 0.6 is 12.2 Å². The lowest BCUT2D eigenvalue weighted by atomic mass is 10.0. The van der Waals surface area contributed by atoms with Gasteiger partial charge in [0, 0.05) is 18.7 Å². The summed E-state index contributed by atoms with van der Waals surface area (Å²) in [6, 6.07) is 12.0. The van der Waals surface area contributed by atoms with Gasteiger partial charge in [0.2, 0.25) is 0 Å². The van der Waals surface area contributed by atoms with E-state index >= 15 is 0 Å². The second kappa shape index (κ2) is 10.2. The highest BCUT2D eigenvalue weighted by Crippen LogP contribution is 2.24. The number of nitrogens with two attached hydrogens (primary N) is 1. The van der Waals surface area contributed by atoms with Crippen LogP contribution in [0.4, 0.5) is 0 Å². The van der Waals surface area contributed by atoms with E-state index in [1.807, 2.05) is 50.3 Å². The molecule has 0 saturated carbocycles. The third-order valence-electron chi connectivity index (χ3n) is 4.59. The molecule has 2 aromatic carbocycles. The number of ether oxygens (including phenoxy) is 1. The lowest BCUT2D eigenvalue weighted by molar-refractivity contribution is 0.375. The zero-order chi connectivity index (χ0) is 20.7. The Morgan fingerprint density at radius 2 is 1.86 bits per heavy atom. The molecule has 2 aromatic rings. The first-order chi connectivity index (χ1) is 13.3. The van der Waals surface area contributed by atoms with Crippen molar-refractivity contribution in [1.29, 1.82) is 0 Å². The van der Waals surface area contributed by atoms with Gasteiger partial charge in [0.15, 0.2) is 0 Å². The number of thiocarbonyl (C=S) groups is 1. The summed E-state index contributed by atoms with van der Waals surface area (Å²) < 4.78 is 5.80. The van der Waals surface area contributed by atoms with Crippen molar-refractivity contribution in [3.63, 3.8) is 0 Å². The molecule has 0 radical (unpaired) electrons. The lowest BCUT2D eigenvalue weighted by Crippen LogP contribution is -2.21. The average molecular weight is 396 g/mol. The summed E-state index contributed by atoms with van der Waals surface area (Å²) in [5.41, 5.74) is 11.5. The Kier molecular flexibility index (Phi) is 7.91. The molecule has 0 spiro atoms. The van der Waals surface area contributed by atoms with E-state index in [0.717, 1.165) is 36.2 Å². The monoisotopic (exact) mass is 395 g/mol. The molecule has 148 valence electrons. The number of benzene rings is 2. The van der Waals surface area contributed by atoms with E-state index < -0.39 is 0 Å². The van der Waals surface area contributed by atoms with Crippen LogP contribution in [0.5, 0.6) is 5.75 Å². The molecule has 5 heteroatoms. The van der Waals surface area contributed by atoms with Gasteiger partial charge in [-0.2, -0.15) is 4.99 Å². The van der Waals surface area contributed by atoms with Gasteiger partial charge in [0.05, 0.1) is 0 Å². The van der Waals surface area contributed by atoms with E-state index in [1.165, 1.54) is 11.1 Å². The summed E-state index contributed by atoms with van der Waals surface area (Å²) >= 11 is 5.28. The van der Waals surface area contributed by atoms with Crippen LogP contribution in [-0.2, 0) is 6.42 Å². The van der Waals surface area contributed by atoms with Gasteiger partial charge >= 0.3 is 0 Å². The second-order valence-corrected chi connectivity index (χ2v) is 7.43. The molecule has 0 fully saturated rings. The topological polar surface area (TPSA) is 50.8 Å². The normalized spacial score (nSPS) is 11.5. The summed E-state index contributed by atoms with van der Waals surface area (Å²) in [7, 11) is 2.09. The molecule has 0 heterocycles. The van der Waals surface area contributed by atoms with Crippen molar-refractivity contribution in [1.82, 2.24) is 4.90 Å². The largest absolute Gasteiger partial charge is 0.430 e. The van der Waals surface area contributed by atoms with Crippen molar-refractivity contribution in [3.05, 3.63) is 76.9 Å². The molecular weight excluding hydrogens is 366 g/mol. The van der Waals surface area contributed by atoms with Crippen LogP contribution < -0.4 is 10.5 Å². The molecule has 0 bridgehead atoms. The van der Waals surface area contributed by atoms with Crippen LogP contribution in [0.15, 0.2) is 54.0 Å². The Morgan fingerprint density at radius 3 is 2.50 bits per heavy atom. The highest BCUT2D eigenvalue weighted by Gasteiger charge is 2.09. The fourth-order valence-corrected chi connectivity index (χ4v) is 3.04. The predicted octanol–water partition coefficient (Wildman–Crippen LogP) is 4.34.